The predicted octanol–water partition coefficient (Wildman–Crippen LogP) is 0.850. The summed E-state index contributed by atoms with van der Waals surface area (Å²) in [5, 5.41) is 0. The van der Waals surface area contributed by atoms with Gasteiger partial charge in [0.25, 0.3) is 5.91 Å². The number of nitrogens with one attached hydrogen (secondary N) is 1. The van der Waals surface area contributed by atoms with Gasteiger partial charge < -0.3 is 9.88 Å². The zero-order valence-electron chi connectivity index (χ0n) is 12.0. The van der Waals surface area contributed by atoms with Crippen LogP contribution >= 0.6 is 0 Å². The Morgan fingerprint density at radius 1 is 1.37 bits per heavy atom. The van der Waals surface area contributed by atoms with Gasteiger partial charge in [-0.1, -0.05) is 0 Å². The van der Waals surface area contributed by atoms with Crippen molar-refractivity contribution in [1.29, 1.82) is 0 Å². The molecule has 0 unspecified atom stereocenters. The molecule has 0 spiro atoms. The van der Waals surface area contributed by atoms with Crippen LogP contribution in [-0.4, -0.2) is 52.9 Å². The van der Waals surface area contributed by atoms with Crippen LogP contribution in [0.4, 0.5) is 0 Å². The molecule has 0 aromatic carbocycles. The number of hydrogen-bond acceptors (Lipinski definition) is 3. The van der Waals surface area contributed by atoms with Crippen LogP contribution in [0.3, 0.4) is 0 Å². The van der Waals surface area contributed by atoms with Crippen molar-refractivity contribution in [2.24, 2.45) is 0 Å². The van der Waals surface area contributed by atoms with Crippen molar-refractivity contribution in [1.82, 2.24) is 14.8 Å². The van der Waals surface area contributed by atoms with Crippen molar-refractivity contribution in [2.75, 3.05) is 26.7 Å². The van der Waals surface area contributed by atoms with Crippen molar-refractivity contribution >= 4 is 5.91 Å². The van der Waals surface area contributed by atoms with Crippen LogP contribution < -0.4 is 5.43 Å². The Kier molecular flexibility index (Phi) is 3.49. The first kappa shape index (κ1) is 13.8. The summed E-state index contributed by atoms with van der Waals surface area (Å²) < 4.78 is 0. The molecular weight excluding hydrogens is 242 g/mol. The predicted molar refractivity (Wildman–Crippen MR) is 74.4 cm³/mol. The molecule has 1 aliphatic heterocycles. The van der Waals surface area contributed by atoms with Gasteiger partial charge in [-0.05, 0) is 27.8 Å². The Hall–Kier alpha value is -1.62. The normalized spacial score (nSPS) is 19.5. The minimum Gasteiger partial charge on any atom is -0.364 e. The molecule has 19 heavy (non-hydrogen) atoms. The van der Waals surface area contributed by atoms with E-state index in [0.717, 1.165) is 12.2 Å². The summed E-state index contributed by atoms with van der Waals surface area (Å²) in [5.74, 6) is -0.178. The van der Waals surface area contributed by atoms with Gasteiger partial charge in [0.15, 0.2) is 5.43 Å². The molecular formula is C14H21N3O2. The van der Waals surface area contributed by atoms with Gasteiger partial charge in [-0.15, -0.1) is 0 Å². The van der Waals surface area contributed by atoms with Crippen LogP contribution in [0, 0.1) is 6.92 Å². The third-order valence-corrected chi connectivity index (χ3v) is 3.89. The summed E-state index contributed by atoms with van der Waals surface area (Å²) in [6.45, 7) is 8.12. The number of carbonyl (C=O) groups is 1. The summed E-state index contributed by atoms with van der Waals surface area (Å²) in [4.78, 5) is 31.2. The molecule has 2 heterocycles. The van der Waals surface area contributed by atoms with Gasteiger partial charge in [-0.3, -0.25) is 14.5 Å². The second-order valence-corrected chi connectivity index (χ2v) is 5.85. The molecule has 1 aliphatic rings. The minimum atomic E-state index is -0.210. The maximum absolute atomic E-state index is 12.4. The van der Waals surface area contributed by atoms with Gasteiger partial charge in [0.1, 0.15) is 5.56 Å². The zero-order valence-corrected chi connectivity index (χ0v) is 12.0. The number of aromatic amines is 1. The maximum Gasteiger partial charge on any atom is 0.259 e. The number of aromatic nitrogens is 1. The lowest BCUT2D eigenvalue weighted by atomic mass is 9.99. The Morgan fingerprint density at radius 3 is 2.63 bits per heavy atom. The number of piperazine rings is 1. The average Bonchev–Trinajstić information content (AvgIpc) is 2.32. The molecule has 5 heteroatoms. The van der Waals surface area contributed by atoms with Gasteiger partial charge in [0.2, 0.25) is 0 Å². The standard InChI is InChI=1S/C14H21N3O2/c1-10-7-12(18)11(8-15-10)13(19)17-6-5-16(4)14(2,3)9-17/h7-8H,5-6,9H2,1-4H3,(H,15,18). The highest BCUT2D eigenvalue weighted by Crippen LogP contribution is 2.19. The van der Waals surface area contributed by atoms with E-state index in [0.29, 0.717) is 13.1 Å². The highest BCUT2D eigenvalue weighted by atomic mass is 16.2. The molecule has 0 saturated carbocycles. The molecule has 1 fully saturated rings. The van der Waals surface area contributed by atoms with Crippen LogP contribution in [0.25, 0.3) is 0 Å². The Labute approximate surface area is 113 Å². The molecule has 1 amide bonds. The Balaban J connectivity index is 2.23. The molecule has 1 saturated heterocycles. The summed E-state index contributed by atoms with van der Waals surface area (Å²) in [7, 11) is 2.06. The number of aryl methyl sites for hydroxylation is 1. The molecule has 0 atom stereocenters. The van der Waals surface area contributed by atoms with Crippen molar-refractivity contribution in [3.63, 3.8) is 0 Å². The summed E-state index contributed by atoms with van der Waals surface area (Å²) in [6, 6.07) is 1.47. The number of H-pyrrole nitrogens is 1. The number of pyridine rings is 1. The van der Waals surface area contributed by atoms with Crippen LogP contribution in [0.5, 0.6) is 0 Å². The lowest BCUT2D eigenvalue weighted by molar-refractivity contribution is 0.0310. The van der Waals surface area contributed by atoms with Crippen molar-refractivity contribution in [3.05, 3.63) is 33.7 Å². The van der Waals surface area contributed by atoms with Gasteiger partial charge in [-0.25, -0.2) is 0 Å². The summed E-state index contributed by atoms with van der Waals surface area (Å²) in [5.41, 5.74) is 0.718. The van der Waals surface area contributed by atoms with E-state index in [1.807, 2.05) is 0 Å². The molecule has 5 nitrogen and oxygen atoms in total. The average molecular weight is 263 g/mol. The third kappa shape index (κ3) is 2.71. The lowest BCUT2D eigenvalue weighted by Crippen LogP contribution is -2.59. The summed E-state index contributed by atoms with van der Waals surface area (Å²) >= 11 is 0. The molecule has 1 aromatic rings. The number of likely N-dealkylation sites (N-methyl/N-ethyl adjacent to an activating group) is 1. The number of carbonyl (C=O) groups excluding carboxylic acids is 1. The quantitative estimate of drug-likeness (QED) is 0.817. The fourth-order valence-electron chi connectivity index (χ4n) is 2.32. The fraction of sp³-hybridized carbons (Fsp3) is 0.571. The van der Waals surface area contributed by atoms with Gasteiger partial charge in [-0.2, -0.15) is 0 Å². The molecule has 104 valence electrons. The molecule has 1 aromatic heterocycles. The highest BCUT2D eigenvalue weighted by Gasteiger charge is 2.34. The van der Waals surface area contributed by atoms with E-state index >= 15 is 0 Å². The molecule has 0 bridgehead atoms. The second kappa shape index (κ2) is 4.81. The number of amides is 1. The van der Waals surface area contributed by atoms with E-state index in [-0.39, 0.29) is 22.4 Å². The minimum absolute atomic E-state index is 0.0641. The second-order valence-electron chi connectivity index (χ2n) is 5.85. The number of nitrogens with zero attached hydrogens (tertiary/aromatic N) is 2. The smallest absolute Gasteiger partial charge is 0.259 e. The Morgan fingerprint density at radius 2 is 2.05 bits per heavy atom. The number of rotatable bonds is 1. The lowest BCUT2D eigenvalue weighted by Gasteiger charge is -2.45. The summed E-state index contributed by atoms with van der Waals surface area (Å²) in [6.07, 6.45) is 1.52. The Bertz CT molecular complexity index is 548. The van der Waals surface area contributed by atoms with Crippen molar-refractivity contribution in [3.8, 4) is 0 Å². The molecule has 0 radical (unpaired) electrons. The van der Waals surface area contributed by atoms with E-state index in [4.69, 9.17) is 0 Å². The van der Waals surface area contributed by atoms with E-state index in [1.165, 1.54) is 12.3 Å². The molecule has 1 N–H and O–H groups in total. The van der Waals surface area contributed by atoms with Gasteiger partial charge in [0, 0.05) is 43.1 Å². The van der Waals surface area contributed by atoms with E-state index < -0.39 is 0 Å². The van der Waals surface area contributed by atoms with Crippen molar-refractivity contribution < 1.29 is 4.79 Å². The van der Waals surface area contributed by atoms with Gasteiger partial charge >= 0.3 is 0 Å². The third-order valence-electron chi connectivity index (χ3n) is 3.89. The molecule has 0 aliphatic carbocycles. The van der Waals surface area contributed by atoms with Crippen molar-refractivity contribution in [2.45, 2.75) is 26.3 Å². The molecule has 2 rings (SSSR count). The van der Waals surface area contributed by atoms with E-state index in [2.05, 4.69) is 30.8 Å². The fourth-order valence-corrected chi connectivity index (χ4v) is 2.32. The monoisotopic (exact) mass is 263 g/mol. The first-order valence-corrected chi connectivity index (χ1v) is 6.51. The van der Waals surface area contributed by atoms with Gasteiger partial charge in [0.05, 0.1) is 0 Å². The zero-order chi connectivity index (χ0) is 14.2. The van der Waals surface area contributed by atoms with E-state index in [9.17, 15) is 9.59 Å². The first-order chi connectivity index (χ1) is 8.81. The van der Waals surface area contributed by atoms with Crippen LogP contribution in [-0.2, 0) is 0 Å². The van der Waals surface area contributed by atoms with Crippen LogP contribution in [0.2, 0.25) is 0 Å². The van der Waals surface area contributed by atoms with E-state index in [1.54, 1.807) is 11.8 Å². The number of hydrogen-bond donors (Lipinski definition) is 1. The SMILES string of the molecule is Cc1cc(=O)c(C(=O)N2CCN(C)C(C)(C)C2)c[nH]1. The maximum atomic E-state index is 12.4. The van der Waals surface area contributed by atoms with Crippen LogP contribution in [0.15, 0.2) is 17.1 Å². The largest absolute Gasteiger partial charge is 0.364 e. The highest BCUT2D eigenvalue weighted by molar-refractivity contribution is 5.94. The first-order valence-electron chi connectivity index (χ1n) is 6.51. The van der Waals surface area contributed by atoms with Crippen LogP contribution in [0.1, 0.15) is 29.9 Å². The topological polar surface area (TPSA) is 56.4 Å².